The van der Waals surface area contributed by atoms with E-state index < -0.39 is 0 Å². The molecule has 1 heterocycles. The van der Waals surface area contributed by atoms with Gasteiger partial charge in [-0.05, 0) is 43.0 Å². The maximum absolute atomic E-state index is 13.3. The van der Waals surface area contributed by atoms with E-state index in [9.17, 15) is 9.50 Å². The molecule has 1 aliphatic rings. The summed E-state index contributed by atoms with van der Waals surface area (Å²) in [7, 11) is 0. The first-order chi connectivity index (χ1) is 8.54. The highest BCUT2D eigenvalue weighted by Crippen LogP contribution is 2.34. The Hall–Kier alpha value is -1.13. The average Bonchev–Trinajstić information content (AvgIpc) is 2.70. The molecule has 1 saturated heterocycles. The van der Waals surface area contributed by atoms with E-state index in [4.69, 9.17) is 5.73 Å². The molecule has 1 aromatic carbocycles. The highest BCUT2D eigenvalue weighted by atomic mass is 19.1. The summed E-state index contributed by atoms with van der Waals surface area (Å²) < 4.78 is 13.3. The van der Waals surface area contributed by atoms with Gasteiger partial charge < -0.3 is 15.7 Å². The number of hydrogen-bond donors (Lipinski definition) is 2. The molecule has 2 unspecified atom stereocenters. The first-order valence-corrected chi connectivity index (χ1v) is 6.47. The molecule has 1 aliphatic heterocycles. The monoisotopic (exact) mass is 252 g/mol. The van der Waals surface area contributed by atoms with E-state index in [0.29, 0.717) is 5.92 Å². The molecule has 1 aromatic rings. The summed E-state index contributed by atoms with van der Waals surface area (Å²) >= 11 is 0. The molecule has 3 nitrogen and oxygen atoms in total. The Morgan fingerprint density at radius 2 is 2.28 bits per heavy atom. The van der Waals surface area contributed by atoms with Crippen LogP contribution in [0.5, 0.6) is 0 Å². The molecule has 0 radical (unpaired) electrons. The predicted molar refractivity (Wildman–Crippen MR) is 71.0 cm³/mol. The molecule has 0 bridgehead atoms. The lowest BCUT2D eigenvalue weighted by Gasteiger charge is -2.30. The zero-order chi connectivity index (χ0) is 13.3. The number of benzene rings is 1. The predicted octanol–water partition coefficient (Wildman–Crippen LogP) is 2.05. The van der Waals surface area contributed by atoms with Crippen LogP contribution in [0.1, 0.15) is 31.9 Å². The third-order valence-corrected chi connectivity index (χ3v) is 3.86. The minimum absolute atomic E-state index is 0.105. The van der Waals surface area contributed by atoms with Crippen LogP contribution in [0.15, 0.2) is 18.2 Å². The molecule has 0 spiro atoms. The van der Waals surface area contributed by atoms with Crippen molar-refractivity contribution in [3.63, 3.8) is 0 Å². The van der Waals surface area contributed by atoms with Crippen molar-refractivity contribution in [2.24, 2.45) is 11.7 Å². The molecule has 0 amide bonds. The van der Waals surface area contributed by atoms with E-state index in [2.05, 4.69) is 11.8 Å². The van der Waals surface area contributed by atoms with Crippen LogP contribution < -0.4 is 10.6 Å². The Balaban J connectivity index is 2.38. The second-order valence-corrected chi connectivity index (χ2v) is 5.20. The van der Waals surface area contributed by atoms with Gasteiger partial charge in [0, 0.05) is 18.3 Å². The largest absolute Gasteiger partial charge is 0.394 e. The van der Waals surface area contributed by atoms with Crippen LogP contribution >= 0.6 is 0 Å². The van der Waals surface area contributed by atoms with E-state index in [1.54, 1.807) is 6.07 Å². The summed E-state index contributed by atoms with van der Waals surface area (Å²) in [6.45, 7) is 5.00. The van der Waals surface area contributed by atoms with Crippen LogP contribution in [0.4, 0.5) is 10.1 Å². The summed E-state index contributed by atoms with van der Waals surface area (Å²) in [4.78, 5) is 2.16. The van der Waals surface area contributed by atoms with Crippen molar-refractivity contribution in [3.05, 3.63) is 29.6 Å². The molecule has 100 valence electrons. The maximum Gasteiger partial charge on any atom is 0.123 e. The summed E-state index contributed by atoms with van der Waals surface area (Å²) in [6, 6.07) is 4.61. The van der Waals surface area contributed by atoms with Gasteiger partial charge in [0.1, 0.15) is 5.82 Å². The van der Waals surface area contributed by atoms with Gasteiger partial charge >= 0.3 is 0 Å². The lowest BCUT2D eigenvalue weighted by molar-refractivity contribution is 0.244. The molecular weight excluding hydrogens is 231 g/mol. The van der Waals surface area contributed by atoms with Crippen LogP contribution in [-0.4, -0.2) is 24.3 Å². The third kappa shape index (κ3) is 2.35. The first kappa shape index (κ1) is 13.3. The fourth-order valence-electron chi connectivity index (χ4n) is 2.74. The molecule has 3 N–H and O–H groups in total. The second kappa shape index (κ2) is 5.24. The smallest absolute Gasteiger partial charge is 0.123 e. The van der Waals surface area contributed by atoms with Crippen LogP contribution in [0.25, 0.3) is 0 Å². The Bertz CT molecular complexity index is 422. The highest BCUT2D eigenvalue weighted by Gasteiger charge is 2.32. The zero-order valence-corrected chi connectivity index (χ0v) is 10.9. The fourth-order valence-corrected chi connectivity index (χ4v) is 2.74. The van der Waals surface area contributed by atoms with Crippen molar-refractivity contribution in [1.29, 1.82) is 0 Å². The van der Waals surface area contributed by atoms with Crippen LogP contribution in [0.3, 0.4) is 0 Å². The lowest BCUT2D eigenvalue weighted by atomic mass is 10.0. The minimum Gasteiger partial charge on any atom is -0.394 e. The quantitative estimate of drug-likeness (QED) is 0.865. The van der Waals surface area contributed by atoms with Crippen LogP contribution in [0.2, 0.25) is 0 Å². The molecule has 4 heteroatoms. The number of hydrogen-bond acceptors (Lipinski definition) is 3. The van der Waals surface area contributed by atoms with E-state index in [1.807, 2.05) is 6.92 Å². The molecule has 1 fully saturated rings. The number of rotatable bonds is 3. The Morgan fingerprint density at radius 3 is 2.89 bits per heavy atom. The van der Waals surface area contributed by atoms with E-state index in [0.717, 1.165) is 24.2 Å². The summed E-state index contributed by atoms with van der Waals surface area (Å²) in [5.74, 6) is 0.180. The van der Waals surface area contributed by atoms with Crippen molar-refractivity contribution in [2.45, 2.75) is 32.4 Å². The van der Waals surface area contributed by atoms with Crippen molar-refractivity contribution in [2.75, 3.05) is 18.1 Å². The Kier molecular flexibility index (Phi) is 3.88. The molecule has 18 heavy (non-hydrogen) atoms. The van der Waals surface area contributed by atoms with Gasteiger partial charge in [0.15, 0.2) is 0 Å². The van der Waals surface area contributed by atoms with Gasteiger partial charge in [-0.3, -0.25) is 0 Å². The molecule has 0 saturated carbocycles. The van der Waals surface area contributed by atoms with Gasteiger partial charge in [-0.15, -0.1) is 0 Å². The van der Waals surface area contributed by atoms with Crippen molar-refractivity contribution < 1.29 is 9.50 Å². The van der Waals surface area contributed by atoms with E-state index in [-0.39, 0.29) is 24.5 Å². The SMILES string of the molecule is CC1CCN(c2ccc(F)cc2[C@H](C)N)C1CO. The highest BCUT2D eigenvalue weighted by molar-refractivity contribution is 5.56. The van der Waals surface area contributed by atoms with E-state index in [1.165, 1.54) is 12.1 Å². The molecule has 0 aliphatic carbocycles. The Morgan fingerprint density at radius 1 is 1.56 bits per heavy atom. The first-order valence-electron chi connectivity index (χ1n) is 6.47. The summed E-state index contributed by atoms with van der Waals surface area (Å²) in [5.41, 5.74) is 7.68. The van der Waals surface area contributed by atoms with Gasteiger partial charge in [-0.25, -0.2) is 4.39 Å². The second-order valence-electron chi connectivity index (χ2n) is 5.20. The van der Waals surface area contributed by atoms with Gasteiger partial charge in [-0.1, -0.05) is 6.92 Å². The normalized spacial score (nSPS) is 25.5. The Labute approximate surface area is 107 Å². The number of anilines is 1. The number of aliphatic hydroxyl groups excluding tert-OH is 1. The summed E-state index contributed by atoms with van der Waals surface area (Å²) in [5, 5.41) is 9.51. The van der Waals surface area contributed by atoms with Crippen molar-refractivity contribution >= 4 is 5.69 Å². The van der Waals surface area contributed by atoms with Crippen LogP contribution in [-0.2, 0) is 0 Å². The molecule has 0 aromatic heterocycles. The topological polar surface area (TPSA) is 49.5 Å². The van der Waals surface area contributed by atoms with Crippen molar-refractivity contribution in [1.82, 2.24) is 0 Å². The number of halogens is 1. The third-order valence-electron chi connectivity index (χ3n) is 3.86. The molecular formula is C14H21FN2O. The maximum atomic E-state index is 13.3. The molecule has 3 atom stereocenters. The van der Waals surface area contributed by atoms with Gasteiger partial charge in [0.2, 0.25) is 0 Å². The van der Waals surface area contributed by atoms with E-state index >= 15 is 0 Å². The van der Waals surface area contributed by atoms with Gasteiger partial charge in [0.05, 0.1) is 12.6 Å². The zero-order valence-electron chi connectivity index (χ0n) is 10.9. The molecule has 2 rings (SSSR count). The van der Waals surface area contributed by atoms with Crippen molar-refractivity contribution in [3.8, 4) is 0 Å². The number of nitrogens with zero attached hydrogens (tertiary/aromatic N) is 1. The van der Waals surface area contributed by atoms with Gasteiger partial charge in [0.25, 0.3) is 0 Å². The number of aliphatic hydroxyl groups is 1. The lowest BCUT2D eigenvalue weighted by Crippen LogP contribution is -2.36. The van der Waals surface area contributed by atoms with Gasteiger partial charge in [-0.2, -0.15) is 0 Å². The fraction of sp³-hybridized carbons (Fsp3) is 0.571. The summed E-state index contributed by atoms with van der Waals surface area (Å²) in [6.07, 6.45) is 1.04. The minimum atomic E-state index is -0.265. The number of nitrogens with two attached hydrogens (primary N) is 1. The van der Waals surface area contributed by atoms with Crippen LogP contribution in [0, 0.1) is 11.7 Å². The standard InChI is InChI=1S/C14H21FN2O/c1-9-5-6-17(14(9)8-18)13-4-3-11(15)7-12(13)10(2)16/h3-4,7,9-10,14,18H,5-6,8,16H2,1-2H3/t9?,10-,14?/m0/s1. The average molecular weight is 252 g/mol.